The van der Waals surface area contributed by atoms with E-state index >= 15 is 0 Å². The van der Waals surface area contributed by atoms with E-state index in [1.54, 1.807) is 24.3 Å². The number of fused-ring (bicyclic) bond motifs is 5. The molecule has 3 N–H and O–H groups in total. The van der Waals surface area contributed by atoms with Gasteiger partial charge in [-0.25, -0.2) is 0 Å². The summed E-state index contributed by atoms with van der Waals surface area (Å²) in [7, 11) is 0. The smallest absolute Gasteiger partial charge is 0.244 e. The molecule has 2 aliphatic carbocycles. The van der Waals surface area contributed by atoms with Gasteiger partial charge in [-0.3, -0.25) is 19.3 Å². The third-order valence-corrected chi connectivity index (χ3v) is 5.39. The highest BCUT2D eigenvalue weighted by atomic mass is 16.5. The van der Waals surface area contributed by atoms with Gasteiger partial charge >= 0.3 is 0 Å². The first kappa shape index (κ1) is 16.8. The maximum atomic E-state index is 12.6. The van der Waals surface area contributed by atoms with Gasteiger partial charge in [-0.1, -0.05) is 12.2 Å². The van der Waals surface area contributed by atoms with Crippen molar-refractivity contribution in [2.75, 3.05) is 25.0 Å². The number of hydrogen-bond acceptors (Lipinski definition) is 5. The number of anilines is 1. The number of imide groups is 1. The molecule has 4 unspecified atom stereocenters. The zero-order chi connectivity index (χ0) is 18.3. The van der Waals surface area contributed by atoms with Crippen LogP contribution in [0.1, 0.15) is 6.42 Å². The predicted molar refractivity (Wildman–Crippen MR) is 94.1 cm³/mol. The molecule has 7 heteroatoms. The molecule has 136 valence electrons. The lowest BCUT2D eigenvalue weighted by atomic mass is 9.85. The summed E-state index contributed by atoms with van der Waals surface area (Å²) >= 11 is 0. The molecule has 0 aromatic heterocycles. The molecule has 1 aromatic carbocycles. The lowest BCUT2D eigenvalue weighted by Gasteiger charge is -2.17. The largest absolute Gasteiger partial charge is 0.492 e. The number of benzene rings is 1. The Kier molecular flexibility index (Phi) is 4.24. The molecule has 4 atom stereocenters. The van der Waals surface area contributed by atoms with Gasteiger partial charge in [-0.2, -0.15) is 0 Å². The van der Waals surface area contributed by atoms with Crippen molar-refractivity contribution < 1.29 is 19.1 Å². The van der Waals surface area contributed by atoms with Crippen LogP contribution in [0.15, 0.2) is 36.4 Å². The molecule has 1 saturated carbocycles. The van der Waals surface area contributed by atoms with Gasteiger partial charge in [-0.15, -0.1) is 0 Å². The number of hydrogen-bond donors (Lipinski definition) is 2. The number of carbonyl (C=O) groups is 3. The summed E-state index contributed by atoms with van der Waals surface area (Å²) in [6.07, 6.45) is 4.95. The van der Waals surface area contributed by atoms with E-state index in [4.69, 9.17) is 10.5 Å². The van der Waals surface area contributed by atoms with Crippen molar-refractivity contribution >= 4 is 23.4 Å². The van der Waals surface area contributed by atoms with Crippen molar-refractivity contribution in [3.05, 3.63) is 36.4 Å². The van der Waals surface area contributed by atoms with Crippen molar-refractivity contribution in [1.82, 2.24) is 4.90 Å². The van der Waals surface area contributed by atoms with Gasteiger partial charge in [-0.05, 0) is 42.5 Å². The Labute approximate surface area is 151 Å². The summed E-state index contributed by atoms with van der Waals surface area (Å²) in [5, 5.41) is 2.72. The Morgan fingerprint density at radius 3 is 2.31 bits per heavy atom. The van der Waals surface area contributed by atoms with Crippen LogP contribution < -0.4 is 15.8 Å². The molecule has 1 aromatic rings. The molecule has 2 bridgehead atoms. The topological polar surface area (TPSA) is 102 Å². The minimum absolute atomic E-state index is 0.149. The molecule has 1 aliphatic heterocycles. The second-order valence-electron chi connectivity index (χ2n) is 6.97. The van der Waals surface area contributed by atoms with E-state index in [0.717, 1.165) is 11.3 Å². The van der Waals surface area contributed by atoms with Gasteiger partial charge in [0.2, 0.25) is 17.7 Å². The molecule has 0 spiro atoms. The predicted octanol–water partition coefficient (Wildman–Crippen LogP) is 0.770. The lowest BCUT2D eigenvalue weighted by molar-refractivity contribution is -0.143. The second-order valence-corrected chi connectivity index (χ2v) is 6.97. The molecule has 7 nitrogen and oxygen atoms in total. The molecule has 26 heavy (non-hydrogen) atoms. The van der Waals surface area contributed by atoms with E-state index in [9.17, 15) is 14.4 Å². The molecule has 4 rings (SSSR count). The average Bonchev–Trinajstić information content (AvgIpc) is 3.31. The van der Waals surface area contributed by atoms with Crippen LogP contribution in [0.4, 0.5) is 5.69 Å². The summed E-state index contributed by atoms with van der Waals surface area (Å²) in [5.74, 6) is -0.397. The maximum Gasteiger partial charge on any atom is 0.244 e. The summed E-state index contributed by atoms with van der Waals surface area (Å²) in [6.45, 7) is 0.606. The molecular weight excluding hydrogens is 334 g/mol. The minimum Gasteiger partial charge on any atom is -0.492 e. The fraction of sp³-hybridized carbons (Fsp3) is 0.421. The number of nitrogens with two attached hydrogens (primary N) is 1. The Hall–Kier alpha value is -2.67. The third-order valence-electron chi connectivity index (χ3n) is 5.39. The van der Waals surface area contributed by atoms with Crippen LogP contribution in [-0.4, -0.2) is 42.3 Å². The quantitative estimate of drug-likeness (QED) is 0.580. The first-order valence-electron chi connectivity index (χ1n) is 8.85. The number of nitrogens with one attached hydrogen (secondary N) is 1. The zero-order valence-electron chi connectivity index (χ0n) is 14.3. The SMILES string of the molecule is NCCOc1ccc(NC(=O)CN2C(=O)C3C4C=CC(C4)C3C2=O)cc1. The monoisotopic (exact) mass is 355 g/mol. The van der Waals surface area contributed by atoms with Crippen LogP contribution in [0.3, 0.4) is 0 Å². The van der Waals surface area contributed by atoms with Crippen LogP contribution in [-0.2, 0) is 14.4 Å². The first-order valence-corrected chi connectivity index (χ1v) is 8.85. The highest BCUT2D eigenvalue weighted by molar-refractivity contribution is 6.09. The standard InChI is InChI=1S/C19H21N3O4/c20-7-8-26-14-5-3-13(4-6-14)21-15(23)10-22-18(24)16-11-1-2-12(9-11)17(16)19(22)25/h1-6,11-12,16-17H,7-10,20H2,(H,21,23). The van der Waals surface area contributed by atoms with E-state index < -0.39 is 0 Å². The zero-order valence-corrected chi connectivity index (χ0v) is 14.3. The molecule has 0 radical (unpaired) electrons. The van der Waals surface area contributed by atoms with Crippen LogP contribution >= 0.6 is 0 Å². The molecule has 3 amide bonds. The molecule has 1 saturated heterocycles. The number of amides is 3. The fourth-order valence-corrected chi connectivity index (χ4v) is 4.28. The summed E-state index contributed by atoms with van der Waals surface area (Å²) in [4.78, 5) is 38.6. The number of nitrogens with zero attached hydrogens (tertiary/aromatic N) is 1. The Balaban J connectivity index is 1.37. The third kappa shape index (κ3) is 2.78. The Morgan fingerprint density at radius 1 is 1.12 bits per heavy atom. The number of allylic oxidation sites excluding steroid dienone is 2. The highest BCUT2D eigenvalue weighted by Gasteiger charge is 2.59. The summed E-state index contributed by atoms with van der Waals surface area (Å²) in [5.41, 5.74) is 5.96. The summed E-state index contributed by atoms with van der Waals surface area (Å²) < 4.78 is 5.38. The molecule has 1 heterocycles. The maximum absolute atomic E-state index is 12.6. The lowest BCUT2D eigenvalue weighted by Crippen LogP contribution is -2.39. The fourth-order valence-electron chi connectivity index (χ4n) is 4.28. The number of carbonyl (C=O) groups excluding carboxylic acids is 3. The molecular formula is C19H21N3O4. The molecule has 3 aliphatic rings. The van der Waals surface area contributed by atoms with E-state index in [2.05, 4.69) is 5.32 Å². The highest BCUT2D eigenvalue weighted by Crippen LogP contribution is 2.52. The first-order chi connectivity index (χ1) is 12.6. The van der Waals surface area contributed by atoms with Crippen molar-refractivity contribution in [3.63, 3.8) is 0 Å². The normalized spacial score (nSPS) is 28.6. The van der Waals surface area contributed by atoms with Crippen LogP contribution in [0.2, 0.25) is 0 Å². The number of rotatable bonds is 6. The second kappa shape index (κ2) is 6.57. The van der Waals surface area contributed by atoms with Crippen molar-refractivity contribution in [2.45, 2.75) is 6.42 Å². The van der Waals surface area contributed by atoms with Gasteiger partial charge in [0, 0.05) is 12.2 Å². The Morgan fingerprint density at radius 2 is 1.73 bits per heavy atom. The van der Waals surface area contributed by atoms with Crippen LogP contribution in [0.25, 0.3) is 0 Å². The van der Waals surface area contributed by atoms with E-state index in [1.807, 2.05) is 12.2 Å². The van der Waals surface area contributed by atoms with Crippen molar-refractivity contribution in [3.8, 4) is 5.75 Å². The average molecular weight is 355 g/mol. The number of ether oxygens (including phenoxy) is 1. The van der Waals surface area contributed by atoms with Gasteiger partial charge in [0.1, 0.15) is 18.9 Å². The van der Waals surface area contributed by atoms with E-state index in [1.165, 1.54) is 0 Å². The number of likely N-dealkylation sites (tertiary alicyclic amines) is 1. The van der Waals surface area contributed by atoms with Crippen LogP contribution in [0, 0.1) is 23.7 Å². The van der Waals surface area contributed by atoms with Crippen LogP contribution in [0.5, 0.6) is 5.75 Å². The Bertz CT molecular complexity index is 743. The van der Waals surface area contributed by atoms with Gasteiger partial charge < -0.3 is 15.8 Å². The van der Waals surface area contributed by atoms with Gasteiger partial charge in [0.05, 0.1) is 11.8 Å². The van der Waals surface area contributed by atoms with Gasteiger partial charge in [0.15, 0.2) is 0 Å². The van der Waals surface area contributed by atoms with E-state index in [0.29, 0.717) is 24.6 Å². The van der Waals surface area contributed by atoms with Crippen molar-refractivity contribution in [1.29, 1.82) is 0 Å². The molecule has 2 fully saturated rings. The summed E-state index contributed by atoms with van der Waals surface area (Å²) in [6, 6.07) is 6.86. The van der Waals surface area contributed by atoms with Gasteiger partial charge in [0.25, 0.3) is 0 Å². The van der Waals surface area contributed by atoms with Crippen molar-refractivity contribution in [2.24, 2.45) is 29.4 Å². The van der Waals surface area contributed by atoms with E-state index in [-0.39, 0.29) is 47.9 Å². The minimum atomic E-state index is -0.386.